The maximum Gasteiger partial charge on any atom is 0.224 e. The predicted octanol–water partition coefficient (Wildman–Crippen LogP) is 0.198. The number of hydrogen-bond acceptors (Lipinski definition) is 3. The molecule has 0 aliphatic carbocycles. The summed E-state index contributed by atoms with van der Waals surface area (Å²) in [5.74, 6) is 0.448. The molecule has 2 fully saturated rings. The first-order chi connectivity index (χ1) is 7.86. The van der Waals surface area contributed by atoms with Gasteiger partial charge >= 0.3 is 0 Å². The standard InChI is InChI=1S/C12H23N3O/c16-12(11-4-5-13-10-11)14-6-9-15-7-2-1-3-8-15/h11,13H,1-10H2,(H,14,16). The van der Waals surface area contributed by atoms with Crippen LogP contribution in [0.5, 0.6) is 0 Å². The molecule has 0 aromatic heterocycles. The van der Waals surface area contributed by atoms with Crippen molar-refractivity contribution in [3.8, 4) is 0 Å². The van der Waals surface area contributed by atoms with Crippen molar-refractivity contribution in [1.29, 1.82) is 0 Å². The van der Waals surface area contributed by atoms with E-state index < -0.39 is 0 Å². The fraction of sp³-hybridized carbons (Fsp3) is 0.917. The van der Waals surface area contributed by atoms with Crippen molar-refractivity contribution in [2.24, 2.45) is 5.92 Å². The molecule has 4 nitrogen and oxygen atoms in total. The minimum Gasteiger partial charge on any atom is -0.355 e. The molecule has 2 saturated heterocycles. The number of rotatable bonds is 4. The van der Waals surface area contributed by atoms with E-state index in [0.29, 0.717) is 0 Å². The highest BCUT2D eigenvalue weighted by atomic mass is 16.1. The molecule has 0 radical (unpaired) electrons. The lowest BCUT2D eigenvalue weighted by atomic mass is 10.1. The average molecular weight is 225 g/mol. The van der Waals surface area contributed by atoms with Gasteiger partial charge in [0, 0.05) is 19.6 Å². The fourth-order valence-electron chi connectivity index (χ4n) is 2.54. The number of nitrogens with one attached hydrogen (secondary N) is 2. The Balaban J connectivity index is 1.57. The van der Waals surface area contributed by atoms with Crippen LogP contribution in [-0.2, 0) is 4.79 Å². The molecule has 0 bridgehead atoms. The number of hydrogen-bond donors (Lipinski definition) is 2. The molecule has 0 aromatic rings. The van der Waals surface area contributed by atoms with Gasteiger partial charge in [-0.15, -0.1) is 0 Å². The Hall–Kier alpha value is -0.610. The SMILES string of the molecule is O=C(NCCN1CCCCC1)C1CCNC1. The van der Waals surface area contributed by atoms with Gasteiger partial charge in [0.1, 0.15) is 0 Å². The van der Waals surface area contributed by atoms with E-state index in [2.05, 4.69) is 15.5 Å². The quantitative estimate of drug-likeness (QED) is 0.718. The molecule has 16 heavy (non-hydrogen) atoms. The normalized spacial score (nSPS) is 26.9. The van der Waals surface area contributed by atoms with Gasteiger partial charge < -0.3 is 15.5 Å². The smallest absolute Gasteiger partial charge is 0.224 e. The van der Waals surface area contributed by atoms with E-state index in [1.165, 1.54) is 32.4 Å². The maximum atomic E-state index is 11.7. The minimum absolute atomic E-state index is 0.210. The molecule has 2 rings (SSSR count). The minimum atomic E-state index is 0.210. The second-order valence-electron chi connectivity index (χ2n) is 4.88. The molecule has 4 heteroatoms. The molecule has 0 spiro atoms. The number of carbonyl (C=O) groups excluding carboxylic acids is 1. The van der Waals surface area contributed by atoms with Gasteiger partial charge in [-0.25, -0.2) is 0 Å². The number of carbonyl (C=O) groups is 1. The topological polar surface area (TPSA) is 44.4 Å². The number of nitrogens with zero attached hydrogens (tertiary/aromatic N) is 1. The van der Waals surface area contributed by atoms with Gasteiger partial charge in [0.05, 0.1) is 5.92 Å². The first kappa shape index (κ1) is 11.9. The van der Waals surface area contributed by atoms with E-state index in [4.69, 9.17) is 0 Å². The molecule has 2 aliphatic rings. The molecule has 1 atom stereocenters. The third-order valence-electron chi connectivity index (χ3n) is 3.61. The van der Waals surface area contributed by atoms with E-state index >= 15 is 0 Å². The predicted molar refractivity (Wildman–Crippen MR) is 64.3 cm³/mol. The van der Waals surface area contributed by atoms with Crippen molar-refractivity contribution >= 4 is 5.91 Å². The van der Waals surface area contributed by atoms with E-state index in [1.807, 2.05) is 0 Å². The maximum absolute atomic E-state index is 11.7. The highest BCUT2D eigenvalue weighted by molar-refractivity contribution is 5.79. The van der Waals surface area contributed by atoms with Crippen molar-refractivity contribution in [3.05, 3.63) is 0 Å². The number of piperidine rings is 1. The summed E-state index contributed by atoms with van der Waals surface area (Å²) in [6.45, 7) is 6.10. The first-order valence-corrected chi connectivity index (χ1v) is 6.57. The van der Waals surface area contributed by atoms with E-state index in [0.717, 1.165) is 32.6 Å². The lowest BCUT2D eigenvalue weighted by molar-refractivity contribution is -0.124. The summed E-state index contributed by atoms with van der Waals surface area (Å²) < 4.78 is 0. The molecular formula is C12H23N3O. The summed E-state index contributed by atoms with van der Waals surface area (Å²) in [5, 5.41) is 6.27. The highest BCUT2D eigenvalue weighted by Crippen LogP contribution is 2.08. The second kappa shape index (κ2) is 6.21. The lowest BCUT2D eigenvalue weighted by Crippen LogP contribution is -2.40. The monoisotopic (exact) mass is 225 g/mol. The van der Waals surface area contributed by atoms with E-state index in [9.17, 15) is 4.79 Å². The van der Waals surface area contributed by atoms with Gasteiger partial charge in [0.25, 0.3) is 0 Å². The molecule has 0 aromatic carbocycles. The van der Waals surface area contributed by atoms with Crippen LogP contribution in [0.2, 0.25) is 0 Å². The van der Waals surface area contributed by atoms with E-state index in [1.54, 1.807) is 0 Å². The fourth-order valence-corrected chi connectivity index (χ4v) is 2.54. The average Bonchev–Trinajstić information content (AvgIpc) is 2.84. The van der Waals surface area contributed by atoms with E-state index in [-0.39, 0.29) is 11.8 Å². The van der Waals surface area contributed by atoms with Crippen LogP contribution in [0.1, 0.15) is 25.7 Å². The molecule has 2 heterocycles. The summed E-state index contributed by atoms with van der Waals surface area (Å²) in [6.07, 6.45) is 5.01. The summed E-state index contributed by atoms with van der Waals surface area (Å²) in [4.78, 5) is 14.2. The zero-order valence-electron chi connectivity index (χ0n) is 10.0. The Bertz CT molecular complexity index is 220. The Morgan fingerprint density at radius 3 is 2.81 bits per heavy atom. The third-order valence-corrected chi connectivity index (χ3v) is 3.61. The summed E-state index contributed by atoms with van der Waals surface area (Å²) in [7, 11) is 0. The van der Waals surface area contributed by atoms with Crippen molar-refractivity contribution in [2.45, 2.75) is 25.7 Å². The molecule has 2 N–H and O–H groups in total. The molecule has 0 saturated carbocycles. The van der Waals surface area contributed by atoms with Crippen LogP contribution in [0.3, 0.4) is 0 Å². The largest absolute Gasteiger partial charge is 0.355 e. The number of amides is 1. The summed E-state index contributed by atoms with van der Waals surface area (Å²) in [5.41, 5.74) is 0. The number of likely N-dealkylation sites (tertiary alicyclic amines) is 1. The molecule has 1 amide bonds. The van der Waals surface area contributed by atoms with Crippen molar-refractivity contribution in [3.63, 3.8) is 0 Å². The van der Waals surface area contributed by atoms with Crippen LogP contribution in [0.25, 0.3) is 0 Å². The van der Waals surface area contributed by atoms with Gasteiger partial charge in [-0.1, -0.05) is 6.42 Å². The summed E-state index contributed by atoms with van der Waals surface area (Å²) in [6, 6.07) is 0. The third kappa shape index (κ3) is 3.46. The van der Waals surface area contributed by atoms with Gasteiger partial charge in [0.15, 0.2) is 0 Å². The van der Waals surface area contributed by atoms with Gasteiger partial charge in [-0.05, 0) is 38.9 Å². The van der Waals surface area contributed by atoms with Crippen LogP contribution in [-0.4, -0.2) is 50.1 Å². The molecular weight excluding hydrogens is 202 g/mol. The van der Waals surface area contributed by atoms with Gasteiger partial charge in [-0.2, -0.15) is 0 Å². The Morgan fingerprint density at radius 1 is 1.31 bits per heavy atom. The van der Waals surface area contributed by atoms with Crippen LogP contribution < -0.4 is 10.6 Å². The van der Waals surface area contributed by atoms with Crippen LogP contribution >= 0.6 is 0 Å². The second-order valence-corrected chi connectivity index (χ2v) is 4.88. The van der Waals surface area contributed by atoms with Crippen LogP contribution in [0.4, 0.5) is 0 Å². The van der Waals surface area contributed by atoms with Crippen LogP contribution in [0.15, 0.2) is 0 Å². The van der Waals surface area contributed by atoms with Gasteiger partial charge in [0.2, 0.25) is 5.91 Å². The Morgan fingerprint density at radius 2 is 2.12 bits per heavy atom. The van der Waals surface area contributed by atoms with Crippen LogP contribution in [0, 0.1) is 5.92 Å². The zero-order chi connectivity index (χ0) is 11.2. The van der Waals surface area contributed by atoms with Crippen molar-refractivity contribution < 1.29 is 4.79 Å². The van der Waals surface area contributed by atoms with Crippen molar-refractivity contribution in [2.75, 3.05) is 39.3 Å². The van der Waals surface area contributed by atoms with Crippen molar-refractivity contribution in [1.82, 2.24) is 15.5 Å². The van der Waals surface area contributed by atoms with Gasteiger partial charge in [-0.3, -0.25) is 4.79 Å². The highest BCUT2D eigenvalue weighted by Gasteiger charge is 2.21. The Labute approximate surface area is 97.8 Å². The molecule has 2 aliphatic heterocycles. The zero-order valence-corrected chi connectivity index (χ0v) is 10.0. The molecule has 92 valence electrons. The molecule has 1 unspecified atom stereocenters. The first-order valence-electron chi connectivity index (χ1n) is 6.57. The summed E-state index contributed by atoms with van der Waals surface area (Å²) >= 11 is 0. The Kier molecular flexibility index (Phi) is 4.60. The lowest BCUT2D eigenvalue weighted by Gasteiger charge is -2.26.